The summed E-state index contributed by atoms with van der Waals surface area (Å²) in [7, 11) is 0. The Labute approximate surface area is 216 Å². The van der Waals surface area contributed by atoms with Gasteiger partial charge in [-0.05, 0) is 91.6 Å². The van der Waals surface area contributed by atoms with Crippen molar-refractivity contribution < 1.29 is 0 Å². The van der Waals surface area contributed by atoms with Crippen LogP contribution in [0.25, 0.3) is 64.0 Å². The third kappa shape index (κ3) is 3.21. The van der Waals surface area contributed by atoms with Gasteiger partial charge in [-0.2, -0.15) is 0 Å². The molecule has 0 spiro atoms. The lowest BCUT2D eigenvalue weighted by Gasteiger charge is -2.18. The van der Waals surface area contributed by atoms with Gasteiger partial charge in [-0.15, -0.1) is 47.9 Å². The summed E-state index contributed by atoms with van der Waals surface area (Å²) < 4.78 is 2.06. The zero-order chi connectivity index (χ0) is 22.8. The van der Waals surface area contributed by atoms with Crippen LogP contribution in [0.5, 0.6) is 0 Å². The van der Waals surface area contributed by atoms with Gasteiger partial charge in [-0.1, -0.05) is 48.5 Å². The summed E-state index contributed by atoms with van der Waals surface area (Å²) in [6.07, 6.45) is 0. The molecule has 0 aliphatic carbocycles. The molecule has 0 N–H and O–H groups in total. The van der Waals surface area contributed by atoms with Gasteiger partial charge in [-0.3, -0.25) is 0 Å². The van der Waals surface area contributed by atoms with Crippen molar-refractivity contribution in [2.45, 2.75) is 8.42 Å². The number of benzene rings is 5. The molecule has 4 heteroatoms. The Morgan fingerprint density at radius 2 is 0.735 bits per heavy atom. The van der Waals surface area contributed by atoms with Crippen molar-refractivity contribution in [1.29, 1.82) is 0 Å². The van der Waals surface area contributed by atoms with Gasteiger partial charge in [0.05, 0.1) is 8.42 Å². The standard InChI is InChI=1S/C30H18S4/c31-27-11-9-25(33-27)29-21-13-17-5-1-2-6-18(17)14-22(21)30(26-10-12-28(32)34-26)24-16-20-8-4-3-7-19(20)15-23(24)29/h1-16,31-32H. The predicted octanol–water partition coefficient (Wildman–Crippen LogP) is 10.3. The van der Waals surface area contributed by atoms with Crippen LogP contribution in [-0.2, 0) is 0 Å². The minimum atomic E-state index is 1.03. The van der Waals surface area contributed by atoms with E-state index in [0.717, 1.165) is 8.42 Å². The molecule has 0 radical (unpaired) electrons. The number of thiol groups is 2. The molecular formula is C30H18S4. The topological polar surface area (TPSA) is 0 Å². The van der Waals surface area contributed by atoms with E-state index in [-0.39, 0.29) is 0 Å². The smallest absolute Gasteiger partial charge is 0.0574 e. The fraction of sp³-hybridized carbons (Fsp3) is 0. The number of thiophene rings is 2. The quantitative estimate of drug-likeness (QED) is 0.169. The van der Waals surface area contributed by atoms with Crippen molar-refractivity contribution in [3.63, 3.8) is 0 Å². The first kappa shape index (κ1) is 20.6. The van der Waals surface area contributed by atoms with Crippen LogP contribution < -0.4 is 0 Å². The molecule has 34 heavy (non-hydrogen) atoms. The van der Waals surface area contributed by atoms with Crippen LogP contribution in [0.3, 0.4) is 0 Å². The van der Waals surface area contributed by atoms with Gasteiger partial charge < -0.3 is 0 Å². The van der Waals surface area contributed by atoms with Crippen LogP contribution in [0, 0.1) is 0 Å². The first-order valence-corrected chi connectivity index (χ1v) is 13.6. The van der Waals surface area contributed by atoms with Crippen molar-refractivity contribution in [3.05, 3.63) is 97.1 Å². The largest absolute Gasteiger partial charge is 0.133 e. The highest BCUT2D eigenvalue weighted by Crippen LogP contribution is 2.49. The maximum absolute atomic E-state index is 4.65. The zero-order valence-electron chi connectivity index (χ0n) is 17.9. The molecule has 5 aromatic carbocycles. The molecule has 7 rings (SSSR count). The highest BCUT2D eigenvalue weighted by Gasteiger charge is 2.20. The average Bonchev–Trinajstić information content (AvgIpc) is 3.48. The van der Waals surface area contributed by atoms with Crippen LogP contribution >= 0.6 is 47.9 Å². The SMILES string of the molecule is Sc1ccc(-c2c3cc4ccccc4cc3c(-c3ccc(S)s3)c3cc4ccccc4cc23)s1. The van der Waals surface area contributed by atoms with E-state index in [4.69, 9.17) is 0 Å². The van der Waals surface area contributed by atoms with Crippen molar-refractivity contribution in [1.82, 2.24) is 0 Å². The van der Waals surface area contributed by atoms with E-state index >= 15 is 0 Å². The lowest BCUT2D eigenvalue weighted by Crippen LogP contribution is -1.90. The molecule has 0 atom stereocenters. The van der Waals surface area contributed by atoms with Gasteiger partial charge in [0.1, 0.15) is 0 Å². The summed E-state index contributed by atoms with van der Waals surface area (Å²) in [5.74, 6) is 0. The molecule has 2 aromatic heterocycles. The van der Waals surface area contributed by atoms with E-state index in [1.54, 1.807) is 22.7 Å². The minimum absolute atomic E-state index is 1.03. The highest BCUT2D eigenvalue weighted by atomic mass is 32.2. The second-order valence-corrected chi connectivity index (χ2v) is 12.3. The molecule has 0 saturated carbocycles. The molecule has 162 valence electrons. The fourth-order valence-corrected chi connectivity index (χ4v) is 7.43. The second kappa shape index (κ2) is 7.89. The first-order valence-electron chi connectivity index (χ1n) is 11.0. The predicted molar refractivity (Wildman–Crippen MR) is 158 cm³/mol. The van der Waals surface area contributed by atoms with Gasteiger partial charge in [0, 0.05) is 20.9 Å². The summed E-state index contributed by atoms with van der Waals surface area (Å²) >= 11 is 12.8. The van der Waals surface area contributed by atoms with Crippen LogP contribution in [0.15, 0.2) is 105 Å². The lowest BCUT2D eigenvalue weighted by molar-refractivity contribution is 1.74. The molecule has 0 aliphatic rings. The molecule has 0 unspecified atom stereocenters. The van der Waals surface area contributed by atoms with Crippen LogP contribution in [0.4, 0.5) is 0 Å². The van der Waals surface area contributed by atoms with E-state index < -0.39 is 0 Å². The van der Waals surface area contributed by atoms with Crippen molar-refractivity contribution in [2.75, 3.05) is 0 Å². The van der Waals surface area contributed by atoms with E-state index in [0.29, 0.717) is 0 Å². The number of rotatable bonds is 2. The molecule has 2 heterocycles. The van der Waals surface area contributed by atoms with Crippen molar-refractivity contribution in [2.24, 2.45) is 0 Å². The van der Waals surface area contributed by atoms with Gasteiger partial charge in [0.25, 0.3) is 0 Å². The first-order chi connectivity index (χ1) is 16.7. The Bertz CT molecular complexity index is 1650. The van der Waals surface area contributed by atoms with E-state index in [9.17, 15) is 0 Å². The Balaban J connectivity index is 1.78. The van der Waals surface area contributed by atoms with Crippen LogP contribution in [0.2, 0.25) is 0 Å². The summed E-state index contributed by atoms with van der Waals surface area (Å²) in [5, 5.41) is 10.1. The summed E-state index contributed by atoms with van der Waals surface area (Å²) in [4.78, 5) is 2.50. The highest BCUT2D eigenvalue weighted by molar-refractivity contribution is 7.83. The molecule has 0 saturated heterocycles. The molecule has 7 aromatic rings. The van der Waals surface area contributed by atoms with Crippen molar-refractivity contribution in [3.8, 4) is 20.9 Å². The van der Waals surface area contributed by atoms with Gasteiger partial charge in [-0.25, -0.2) is 0 Å². The lowest BCUT2D eigenvalue weighted by atomic mass is 9.87. The van der Waals surface area contributed by atoms with E-state index in [2.05, 4.69) is 122 Å². The third-order valence-corrected chi connectivity index (χ3v) is 9.18. The minimum Gasteiger partial charge on any atom is -0.133 e. The molecule has 0 aliphatic heterocycles. The summed E-state index contributed by atoms with van der Waals surface area (Å²) in [6.45, 7) is 0. The van der Waals surface area contributed by atoms with Gasteiger partial charge >= 0.3 is 0 Å². The zero-order valence-corrected chi connectivity index (χ0v) is 21.4. The van der Waals surface area contributed by atoms with Crippen LogP contribution in [-0.4, -0.2) is 0 Å². The maximum Gasteiger partial charge on any atom is 0.0574 e. The average molecular weight is 507 g/mol. The van der Waals surface area contributed by atoms with Gasteiger partial charge in [0.15, 0.2) is 0 Å². The molecular weight excluding hydrogens is 489 g/mol. The summed E-state index contributed by atoms with van der Waals surface area (Å²) in [6, 6.07) is 35.4. The van der Waals surface area contributed by atoms with Gasteiger partial charge in [0.2, 0.25) is 0 Å². The Morgan fingerprint density at radius 1 is 0.412 bits per heavy atom. The maximum atomic E-state index is 4.65. The molecule has 0 amide bonds. The molecule has 0 nitrogen and oxygen atoms in total. The Morgan fingerprint density at radius 3 is 1.00 bits per heavy atom. The number of hydrogen-bond acceptors (Lipinski definition) is 4. The monoisotopic (exact) mass is 506 g/mol. The van der Waals surface area contributed by atoms with E-state index in [1.165, 1.54) is 64.0 Å². The fourth-order valence-electron chi connectivity index (χ4n) is 5.05. The number of hydrogen-bond donors (Lipinski definition) is 2. The number of fused-ring (bicyclic) bond motifs is 4. The third-order valence-electron chi connectivity index (χ3n) is 6.53. The normalized spacial score (nSPS) is 11.8. The summed E-state index contributed by atoms with van der Waals surface area (Å²) in [5.41, 5.74) is 2.58. The second-order valence-electron chi connectivity index (χ2n) is 8.52. The Hall–Kier alpha value is -2.76. The molecule has 0 fully saturated rings. The van der Waals surface area contributed by atoms with Crippen molar-refractivity contribution >= 4 is 91.0 Å². The van der Waals surface area contributed by atoms with Crippen LogP contribution in [0.1, 0.15) is 0 Å². The molecule has 0 bridgehead atoms. The Kier molecular flexibility index (Phi) is 4.78. The van der Waals surface area contributed by atoms with E-state index in [1.807, 2.05) is 0 Å².